The van der Waals surface area contributed by atoms with E-state index in [9.17, 15) is 9.18 Å². The zero-order valence-electron chi connectivity index (χ0n) is 14.4. The van der Waals surface area contributed by atoms with Crippen LogP contribution in [0.15, 0.2) is 24.3 Å². The molecule has 3 nitrogen and oxygen atoms in total. The third-order valence-electron chi connectivity index (χ3n) is 4.82. The quantitative estimate of drug-likeness (QED) is 0.584. The Kier molecular flexibility index (Phi) is 6.17. The summed E-state index contributed by atoms with van der Waals surface area (Å²) in [6, 6.07) is 7.30. The predicted octanol–water partition coefficient (Wildman–Crippen LogP) is 3.81. The van der Waals surface area contributed by atoms with Crippen molar-refractivity contribution in [3.63, 3.8) is 0 Å². The SMILES string of the molecule is CC(=O)OCCNC(CC(C)C)C1(c2cccc(F)c2)CCC1. The molecule has 1 unspecified atom stereocenters. The maximum atomic E-state index is 13.7. The molecular weight excluding hydrogens is 293 g/mol. The van der Waals surface area contributed by atoms with Gasteiger partial charge in [-0.25, -0.2) is 4.39 Å². The summed E-state index contributed by atoms with van der Waals surface area (Å²) in [5, 5.41) is 3.57. The first kappa shape index (κ1) is 17.9. The Hall–Kier alpha value is -1.42. The van der Waals surface area contributed by atoms with Crippen LogP contribution in [0.3, 0.4) is 0 Å². The van der Waals surface area contributed by atoms with Crippen molar-refractivity contribution in [1.29, 1.82) is 0 Å². The second kappa shape index (κ2) is 7.91. The fourth-order valence-electron chi connectivity index (χ4n) is 3.60. The van der Waals surface area contributed by atoms with E-state index in [4.69, 9.17) is 4.74 Å². The largest absolute Gasteiger partial charge is 0.465 e. The van der Waals surface area contributed by atoms with E-state index < -0.39 is 0 Å². The van der Waals surface area contributed by atoms with Crippen molar-refractivity contribution in [2.75, 3.05) is 13.2 Å². The standard InChI is InChI=1S/C19H28FNO2/c1-14(2)12-18(21-10-11-23-15(3)22)19(8-5-9-19)16-6-4-7-17(20)13-16/h4,6-7,13-14,18,21H,5,8-12H2,1-3H3. The van der Waals surface area contributed by atoms with Crippen LogP contribution in [0.25, 0.3) is 0 Å². The van der Waals surface area contributed by atoms with Crippen molar-refractivity contribution in [2.24, 2.45) is 5.92 Å². The third kappa shape index (κ3) is 4.54. The predicted molar refractivity (Wildman–Crippen MR) is 89.8 cm³/mol. The Labute approximate surface area is 138 Å². The number of ether oxygens (including phenoxy) is 1. The summed E-state index contributed by atoms with van der Waals surface area (Å²) < 4.78 is 18.7. The molecule has 1 aromatic rings. The lowest BCUT2D eigenvalue weighted by Crippen LogP contribution is -2.54. The van der Waals surface area contributed by atoms with Gasteiger partial charge >= 0.3 is 5.97 Å². The van der Waals surface area contributed by atoms with Crippen LogP contribution in [0.1, 0.15) is 52.0 Å². The number of nitrogens with one attached hydrogen (secondary N) is 1. The number of carbonyl (C=O) groups is 1. The van der Waals surface area contributed by atoms with Crippen molar-refractivity contribution in [2.45, 2.75) is 57.9 Å². The summed E-state index contributed by atoms with van der Waals surface area (Å²) in [5.74, 6) is 0.125. The zero-order valence-corrected chi connectivity index (χ0v) is 14.4. The van der Waals surface area contributed by atoms with Gasteiger partial charge in [-0.2, -0.15) is 0 Å². The summed E-state index contributed by atoms with van der Waals surface area (Å²) >= 11 is 0. The molecule has 0 aromatic heterocycles. The van der Waals surface area contributed by atoms with Crippen LogP contribution in [0.2, 0.25) is 0 Å². The number of esters is 1. The van der Waals surface area contributed by atoms with Crippen LogP contribution < -0.4 is 5.32 Å². The van der Waals surface area contributed by atoms with E-state index in [-0.39, 0.29) is 23.2 Å². The second-order valence-electron chi connectivity index (χ2n) is 7.00. The number of hydrogen-bond acceptors (Lipinski definition) is 3. The highest BCUT2D eigenvalue weighted by Gasteiger charge is 2.45. The maximum absolute atomic E-state index is 13.7. The minimum absolute atomic E-state index is 0.00257. The summed E-state index contributed by atoms with van der Waals surface area (Å²) in [6.07, 6.45) is 4.36. The van der Waals surface area contributed by atoms with Gasteiger partial charge in [0.05, 0.1) is 0 Å². The van der Waals surface area contributed by atoms with Gasteiger partial charge in [0.15, 0.2) is 0 Å². The van der Waals surface area contributed by atoms with Crippen molar-refractivity contribution in [1.82, 2.24) is 5.32 Å². The molecule has 1 atom stereocenters. The highest BCUT2D eigenvalue weighted by molar-refractivity contribution is 5.65. The molecule has 0 aliphatic heterocycles. The normalized spacial score (nSPS) is 17.6. The van der Waals surface area contributed by atoms with Gasteiger partial charge in [-0.1, -0.05) is 32.4 Å². The van der Waals surface area contributed by atoms with Gasteiger partial charge in [-0.05, 0) is 42.9 Å². The summed E-state index contributed by atoms with van der Waals surface area (Å²) in [6.45, 7) is 6.85. The lowest BCUT2D eigenvalue weighted by molar-refractivity contribution is -0.140. The minimum Gasteiger partial charge on any atom is -0.465 e. The average molecular weight is 321 g/mol. The van der Waals surface area contributed by atoms with Crippen LogP contribution in [0, 0.1) is 11.7 Å². The van der Waals surface area contributed by atoms with Gasteiger partial charge < -0.3 is 10.1 Å². The maximum Gasteiger partial charge on any atom is 0.302 e. The smallest absolute Gasteiger partial charge is 0.302 e. The Morgan fingerprint density at radius 3 is 2.65 bits per heavy atom. The lowest BCUT2D eigenvalue weighted by Gasteiger charge is -2.49. The molecule has 1 aliphatic rings. The van der Waals surface area contributed by atoms with Crippen LogP contribution in [-0.2, 0) is 14.9 Å². The Morgan fingerprint density at radius 2 is 2.13 bits per heavy atom. The number of hydrogen-bond donors (Lipinski definition) is 1. The monoisotopic (exact) mass is 321 g/mol. The third-order valence-corrected chi connectivity index (χ3v) is 4.82. The Morgan fingerprint density at radius 1 is 1.39 bits per heavy atom. The number of rotatable bonds is 8. The second-order valence-corrected chi connectivity index (χ2v) is 7.00. The van der Waals surface area contributed by atoms with Gasteiger partial charge in [-0.3, -0.25) is 4.79 Å². The molecule has 128 valence electrons. The highest BCUT2D eigenvalue weighted by atomic mass is 19.1. The first-order valence-electron chi connectivity index (χ1n) is 8.57. The van der Waals surface area contributed by atoms with E-state index in [1.165, 1.54) is 19.4 Å². The van der Waals surface area contributed by atoms with Crippen LogP contribution in [0.5, 0.6) is 0 Å². The summed E-state index contributed by atoms with van der Waals surface area (Å²) in [4.78, 5) is 10.9. The first-order chi connectivity index (χ1) is 10.9. The number of carbonyl (C=O) groups excluding carboxylic acids is 1. The summed E-state index contributed by atoms with van der Waals surface area (Å²) in [5.41, 5.74) is 1.09. The molecule has 1 aliphatic carbocycles. The molecule has 1 saturated carbocycles. The molecule has 0 bridgehead atoms. The molecule has 0 radical (unpaired) electrons. The molecule has 23 heavy (non-hydrogen) atoms. The van der Waals surface area contributed by atoms with Gasteiger partial charge in [0.2, 0.25) is 0 Å². The number of benzene rings is 1. The van der Waals surface area contributed by atoms with E-state index in [0.717, 1.165) is 24.8 Å². The number of halogens is 1. The molecule has 2 rings (SSSR count). The van der Waals surface area contributed by atoms with E-state index >= 15 is 0 Å². The van der Waals surface area contributed by atoms with Gasteiger partial charge in [-0.15, -0.1) is 0 Å². The highest BCUT2D eigenvalue weighted by Crippen LogP contribution is 2.48. The van der Waals surface area contributed by atoms with Crippen LogP contribution in [0.4, 0.5) is 4.39 Å². The van der Waals surface area contributed by atoms with E-state index in [1.807, 2.05) is 6.07 Å². The molecule has 1 N–H and O–H groups in total. The van der Waals surface area contributed by atoms with Crippen molar-refractivity contribution in [3.05, 3.63) is 35.6 Å². The van der Waals surface area contributed by atoms with Crippen molar-refractivity contribution in [3.8, 4) is 0 Å². The van der Waals surface area contributed by atoms with Gasteiger partial charge in [0.1, 0.15) is 12.4 Å². The molecule has 1 aromatic carbocycles. The fourth-order valence-corrected chi connectivity index (χ4v) is 3.60. The lowest BCUT2D eigenvalue weighted by atomic mass is 9.59. The van der Waals surface area contributed by atoms with Crippen molar-refractivity contribution >= 4 is 5.97 Å². The molecule has 4 heteroatoms. The molecule has 0 saturated heterocycles. The Balaban J connectivity index is 2.12. The average Bonchev–Trinajstić information content (AvgIpc) is 2.41. The molecule has 0 amide bonds. The topological polar surface area (TPSA) is 38.3 Å². The molecule has 0 heterocycles. The Bertz CT molecular complexity index is 526. The van der Waals surface area contributed by atoms with Crippen LogP contribution >= 0.6 is 0 Å². The first-order valence-corrected chi connectivity index (χ1v) is 8.57. The van der Waals surface area contributed by atoms with E-state index in [1.54, 1.807) is 12.1 Å². The minimum atomic E-state index is -0.254. The van der Waals surface area contributed by atoms with E-state index in [0.29, 0.717) is 19.1 Å². The van der Waals surface area contributed by atoms with Crippen LogP contribution in [-0.4, -0.2) is 25.2 Å². The van der Waals surface area contributed by atoms with Gasteiger partial charge in [0.25, 0.3) is 0 Å². The fraction of sp³-hybridized carbons (Fsp3) is 0.632. The van der Waals surface area contributed by atoms with E-state index in [2.05, 4.69) is 19.2 Å². The zero-order chi connectivity index (χ0) is 16.9. The molecule has 0 spiro atoms. The van der Waals surface area contributed by atoms with Gasteiger partial charge in [0, 0.05) is 24.9 Å². The molecular formula is C19H28FNO2. The summed E-state index contributed by atoms with van der Waals surface area (Å²) in [7, 11) is 0. The van der Waals surface area contributed by atoms with Crippen molar-refractivity contribution < 1.29 is 13.9 Å². The molecule has 1 fully saturated rings.